The molecule has 0 N–H and O–H groups in total. The fourth-order valence-electron chi connectivity index (χ4n) is 9.19. The van der Waals surface area contributed by atoms with Crippen LogP contribution in [0.3, 0.4) is 0 Å². The molecule has 0 aliphatic rings. The summed E-state index contributed by atoms with van der Waals surface area (Å²) in [4.78, 5) is 20.4. The number of hydrogen-bond acceptors (Lipinski definition) is 4. The Balaban J connectivity index is 0.970. The van der Waals surface area contributed by atoms with Gasteiger partial charge in [0.1, 0.15) is 0 Å². The number of aromatic nitrogens is 5. The minimum absolute atomic E-state index is 0.686. The zero-order valence-corrected chi connectivity index (χ0v) is 36.4. The summed E-state index contributed by atoms with van der Waals surface area (Å²) in [6.45, 7) is 0. The molecular formula is C62H41N5. The highest BCUT2D eigenvalue weighted by atomic mass is 15.0. The van der Waals surface area contributed by atoms with Crippen molar-refractivity contribution in [2.45, 2.75) is 0 Å². The molecule has 5 nitrogen and oxygen atoms in total. The van der Waals surface area contributed by atoms with Gasteiger partial charge in [0.15, 0.2) is 11.6 Å². The minimum Gasteiger partial charge on any atom is -0.308 e. The monoisotopic (exact) mass is 855 g/mol. The Morgan fingerprint density at radius 2 is 0.537 bits per heavy atom. The molecule has 12 aromatic rings. The minimum atomic E-state index is 0.686. The van der Waals surface area contributed by atoms with Crippen molar-refractivity contribution in [2.75, 3.05) is 0 Å². The maximum Gasteiger partial charge on any atom is 0.160 e. The maximum absolute atomic E-state index is 5.11. The van der Waals surface area contributed by atoms with E-state index in [0.29, 0.717) is 11.6 Å². The van der Waals surface area contributed by atoms with Crippen LogP contribution in [0.25, 0.3) is 118 Å². The molecule has 12 rings (SSSR count). The predicted octanol–water partition coefficient (Wildman–Crippen LogP) is 15.7. The third-order valence-electron chi connectivity index (χ3n) is 12.5. The Kier molecular flexibility index (Phi) is 10.1. The highest BCUT2D eigenvalue weighted by molar-refractivity contribution is 6.17. The summed E-state index contributed by atoms with van der Waals surface area (Å²) in [7, 11) is 0. The summed E-state index contributed by atoms with van der Waals surface area (Å²) in [6.07, 6.45) is 0. The van der Waals surface area contributed by atoms with Gasteiger partial charge in [-0.25, -0.2) is 19.9 Å². The van der Waals surface area contributed by atoms with Gasteiger partial charge in [-0.3, -0.25) is 0 Å². The summed E-state index contributed by atoms with van der Waals surface area (Å²) in [5, 5.41) is 2.37. The van der Waals surface area contributed by atoms with E-state index < -0.39 is 0 Å². The van der Waals surface area contributed by atoms with Crippen LogP contribution in [-0.2, 0) is 0 Å². The molecule has 0 amide bonds. The van der Waals surface area contributed by atoms with Gasteiger partial charge < -0.3 is 4.57 Å². The lowest BCUT2D eigenvalue weighted by Gasteiger charge is -2.14. The average molecular weight is 856 g/mol. The second-order valence-corrected chi connectivity index (χ2v) is 16.6. The number of hydrogen-bond donors (Lipinski definition) is 0. The van der Waals surface area contributed by atoms with Gasteiger partial charge in [-0.15, -0.1) is 0 Å². The standard InChI is InChI=1S/C62H41N5/c1-6-18-44(19-7-1)55-40-56(45-20-8-2-9-21-45)64-61(63-55)48-36-32-42(33-37-48)51-28-16-30-53-54-31-17-29-52(60(54)67(59(51)53)50-26-14-5-15-27-50)43-34-38-49(39-35-43)62-65-57(46-22-10-3-11-23-46)41-58(66-62)47-24-12-4-13-25-47/h1-41H. The van der Waals surface area contributed by atoms with Gasteiger partial charge in [0.25, 0.3) is 0 Å². The lowest BCUT2D eigenvalue weighted by Crippen LogP contribution is -1.97. The van der Waals surface area contributed by atoms with E-state index in [-0.39, 0.29) is 0 Å². The van der Waals surface area contributed by atoms with Crippen LogP contribution < -0.4 is 0 Å². The topological polar surface area (TPSA) is 56.5 Å². The molecule has 0 unspecified atom stereocenters. The molecule has 0 saturated carbocycles. The Hall–Kier alpha value is -9.06. The molecule has 5 heteroatoms. The molecule has 0 spiro atoms. The van der Waals surface area contributed by atoms with Gasteiger partial charge >= 0.3 is 0 Å². The summed E-state index contributed by atoms with van der Waals surface area (Å²) in [5.41, 5.74) is 17.5. The lowest BCUT2D eigenvalue weighted by molar-refractivity contribution is 1.18. The predicted molar refractivity (Wildman–Crippen MR) is 275 cm³/mol. The van der Waals surface area contributed by atoms with E-state index in [4.69, 9.17) is 19.9 Å². The van der Waals surface area contributed by atoms with Crippen LogP contribution in [0, 0.1) is 0 Å². The van der Waals surface area contributed by atoms with Crippen LogP contribution >= 0.6 is 0 Å². The van der Waals surface area contributed by atoms with Crippen molar-refractivity contribution in [3.63, 3.8) is 0 Å². The molecule has 9 aromatic carbocycles. The number of fused-ring (bicyclic) bond motifs is 3. The molecule has 0 aliphatic carbocycles. The van der Waals surface area contributed by atoms with E-state index in [1.165, 1.54) is 10.8 Å². The van der Waals surface area contributed by atoms with Crippen molar-refractivity contribution in [2.24, 2.45) is 0 Å². The van der Waals surface area contributed by atoms with Crippen molar-refractivity contribution < 1.29 is 0 Å². The summed E-state index contributed by atoms with van der Waals surface area (Å²) in [6, 6.07) is 86.9. The maximum atomic E-state index is 5.11. The molecule has 0 aliphatic heterocycles. The van der Waals surface area contributed by atoms with Crippen LogP contribution in [0.5, 0.6) is 0 Å². The number of nitrogens with zero attached hydrogens (tertiary/aromatic N) is 5. The second kappa shape index (κ2) is 17.1. The molecule has 314 valence electrons. The van der Waals surface area contributed by atoms with E-state index in [1.54, 1.807) is 0 Å². The number of para-hydroxylation sites is 3. The van der Waals surface area contributed by atoms with Crippen LogP contribution in [-0.4, -0.2) is 24.5 Å². The highest BCUT2D eigenvalue weighted by Crippen LogP contribution is 2.42. The Morgan fingerprint density at radius 3 is 0.866 bits per heavy atom. The molecule has 3 heterocycles. The Labute approximate surface area is 389 Å². The first-order valence-electron chi connectivity index (χ1n) is 22.5. The number of rotatable bonds is 9. The average Bonchev–Trinajstić information content (AvgIpc) is 3.77. The molecule has 3 aromatic heterocycles. The Morgan fingerprint density at radius 1 is 0.239 bits per heavy atom. The van der Waals surface area contributed by atoms with Crippen LogP contribution in [0.1, 0.15) is 0 Å². The van der Waals surface area contributed by atoms with Crippen molar-refractivity contribution in [3.8, 4) is 95.7 Å². The highest BCUT2D eigenvalue weighted by Gasteiger charge is 2.21. The van der Waals surface area contributed by atoms with Crippen molar-refractivity contribution in [1.29, 1.82) is 0 Å². The molecule has 0 atom stereocenters. The van der Waals surface area contributed by atoms with E-state index >= 15 is 0 Å². The van der Waals surface area contributed by atoms with Gasteiger partial charge in [-0.05, 0) is 35.4 Å². The van der Waals surface area contributed by atoms with Crippen LogP contribution in [0.4, 0.5) is 0 Å². The number of benzene rings is 9. The fraction of sp³-hybridized carbons (Fsp3) is 0. The largest absolute Gasteiger partial charge is 0.308 e. The van der Waals surface area contributed by atoms with E-state index in [1.807, 2.05) is 72.8 Å². The third-order valence-corrected chi connectivity index (χ3v) is 12.5. The molecule has 0 fully saturated rings. The van der Waals surface area contributed by atoms with Gasteiger partial charge in [0.2, 0.25) is 0 Å². The zero-order valence-electron chi connectivity index (χ0n) is 36.4. The van der Waals surface area contributed by atoms with Gasteiger partial charge in [0.05, 0.1) is 33.8 Å². The van der Waals surface area contributed by atoms with Gasteiger partial charge in [-0.1, -0.05) is 224 Å². The fourth-order valence-corrected chi connectivity index (χ4v) is 9.19. The smallest absolute Gasteiger partial charge is 0.160 e. The molecule has 67 heavy (non-hydrogen) atoms. The molecule has 0 saturated heterocycles. The van der Waals surface area contributed by atoms with Crippen LogP contribution in [0.2, 0.25) is 0 Å². The SMILES string of the molecule is c1ccc(-c2cc(-c3ccccc3)nc(-c3ccc(-c4cccc5c6cccc(-c7ccc(-c8nc(-c9ccccc9)cc(-c9ccccc9)n8)cc7)c6n(-c6ccccc6)c45)cc3)n2)cc1. The zero-order chi connectivity index (χ0) is 44.5. The molecule has 0 radical (unpaired) electrons. The summed E-state index contributed by atoms with van der Waals surface area (Å²) >= 11 is 0. The first-order chi connectivity index (χ1) is 33.2. The first kappa shape index (κ1) is 39.5. The van der Waals surface area contributed by atoms with E-state index in [0.717, 1.165) is 95.1 Å². The Bertz CT molecular complexity index is 3340. The normalized spacial score (nSPS) is 11.3. The van der Waals surface area contributed by atoms with Crippen molar-refractivity contribution >= 4 is 21.8 Å². The summed E-state index contributed by atoms with van der Waals surface area (Å²) < 4.78 is 2.44. The van der Waals surface area contributed by atoms with E-state index in [9.17, 15) is 0 Å². The van der Waals surface area contributed by atoms with Crippen LogP contribution in [0.15, 0.2) is 249 Å². The first-order valence-corrected chi connectivity index (χ1v) is 22.5. The lowest BCUT2D eigenvalue weighted by atomic mass is 9.99. The van der Waals surface area contributed by atoms with E-state index in [2.05, 4.69) is 180 Å². The summed E-state index contributed by atoms with van der Waals surface area (Å²) in [5.74, 6) is 1.37. The quantitative estimate of drug-likeness (QED) is 0.145. The third kappa shape index (κ3) is 7.54. The second-order valence-electron chi connectivity index (χ2n) is 16.6. The van der Waals surface area contributed by atoms with Crippen molar-refractivity contribution in [1.82, 2.24) is 24.5 Å². The van der Waals surface area contributed by atoms with Gasteiger partial charge in [-0.2, -0.15) is 0 Å². The molecule has 0 bridgehead atoms. The van der Waals surface area contributed by atoms with Crippen molar-refractivity contribution in [3.05, 3.63) is 249 Å². The molecular weight excluding hydrogens is 815 g/mol. The van der Waals surface area contributed by atoms with Gasteiger partial charge in [0, 0.05) is 61.0 Å².